The van der Waals surface area contributed by atoms with Gasteiger partial charge in [-0.3, -0.25) is 29.0 Å². The van der Waals surface area contributed by atoms with Gasteiger partial charge in [0, 0.05) is 29.8 Å². The summed E-state index contributed by atoms with van der Waals surface area (Å²) in [5, 5.41) is 35.2. The molecule has 6 N–H and O–H groups in total. The highest BCUT2D eigenvalue weighted by Crippen LogP contribution is 2.64. The molecule has 212 valence electrons. The van der Waals surface area contributed by atoms with E-state index in [1.807, 2.05) is 11.9 Å². The molecule has 40 heavy (non-hydrogen) atoms. The van der Waals surface area contributed by atoms with Crippen molar-refractivity contribution in [2.75, 3.05) is 25.5 Å². The van der Waals surface area contributed by atoms with Crippen LogP contribution in [0.25, 0.3) is 0 Å². The number of aliphatic hydroxyl groups is 1. The summed E-state index contributed by atoms with van der Waals surface area (Å²) < 4.78 is 16.4. The molecule has 6 aliphatic rings. The Kier molecular flexibility index (Phi) is 4.98. The molecular formula is C28H32FN5O6. The van der Waals surface area contributed by atoms with Gasteiger partial charge in [-0.15, -0.1) is 0 Å². The first-order chi connectivity index (χ1) is 18.8. The molecule has 9 unspecified atom stereocenters. The third kappa shape index (κ3) is 2.63. The molecule has 0 aromatic heterocycles. The van der Waals surface area contributed by atoms with E-state index in [1.54, 1.807) is 18.7 Å². The Labute approximate surface area is 229 Å². The summed E-state index contributed by atoms with van der Waals surface area (Å²) in [5.74, 6) is -8.51. The second kappa shape index (κ2) is 7.74. The van der Waals surface area contributed by atoms with Gasteiger partial charge < -0.3 is 26.7 Å². The highest BCUT2D eigenvalue weighted by atomic mass is 19.1. The molecule has 4 fully saturated rings. The minimum absolute atomic E-state index is 0.0327. The summed E-state index contributed by atoms with van der Waals surface area (Å²) in [4.78, 5) is 57.5. The van der Waals surface area contributed by atoms with Crippen molar-refractivity contribution in [2.24, 2.45) is 29.4 Å². The molecule has 12 heteroatoms. The maximum Gasteiger partial charge on any atom is 0.233 e. The Morgan fingerprint density at radius 1 is 1.25 bits per heavy atom. The van der Waals surface area contributed by atoms with Crippen LogP contribution in [0.1, 0.15) is 54.2 Å². The van der Waals surface area contributed by atoms with Gasteiger partial charge in [0.2, 0.25) is 5.91 Å². The number of nitrogens with one attached hydrogen (secondary N) is 2. The zero-order chi connectivity index (χ0) is 28.8. The van der Waals surface area contributed by atoms with E-state index in [4.69, 9.17) is 11.1 Å². The van der Waals surface area contributed by atoms with Crippen molar-refractivity contribution >= 4 is 34.7 Å². The van der Waals surface area contributed by atoms with Crippen LogP contribution in [0.4, 0.5) is 10.1 Å². The molecule has 2 saturated heterocycles. The van der Waals surface area contributed by atoms with Crippen LogP contribution >= 0.6 is 0 Å². The van der Waals surface area contributed by atoms with Crippen LogP contribution in [0.2, 0.25) is 0 Å². The number of carbonyl (C=O) groups excluding carboxylic acids is 4. The van der Waals surface area contributed by atoms with Crippen LogP contribution < -0.4 is 11.1 Å². The number of rotatable bonds is 2. The van der Waals surface area contributed by atoms with Crippen molar-refractivity contribution in [1.82, 2.24) is 9.80 Å². The summed E-state index contributed by atoms with van der Waals surface area (Å²) in [5.41, 5.74) is 0.732. The lowest BCUT2D eigenvalue weighted by Gasteiger charge is -2.50. The van der Waals surface area contributed by atoms with Gasteiger partial charge in [0.1, 0.15) is 17.5 Å². The number of benzene rings is 1. The summed E-state index contributed by atoms with van der Waals surface area (Å²) in [7, 11) is 1.90. The number of likely N-dealkylation sites (tertiary alicyclic amines) is 2. The lowest BCUT2D eigenvalue weighted by atomic mass is 9.53. The van der Waals surface area contributed by atoms with Crippen LogP contribution in [0.15, 0.2) is 0 Å². The molecule has 1 amide bonds. The van der Waals surface area contributed by atoms with Crippen LogP contribution in [0, 0.1) is 34.9 Å². The summed E-state index contributed by atoms with van der Waals surface area (Å²) in [6, 6.07) is -1.64. The number of hydrogen-bond acceptors (Lipinski definition) is 10. The first kappa shape index (κ1) is 25.7. The predicted molar refractivity (Wildman–Crippen MR) is 139 cm³/mol. The van der Waals surface area contributed by atoms with E-state index < -0.39 is 75.5 Å². The maximum atomic E-state index is 16.4. The standard InChI is InChI=1S/C28H32FN5O6/c1-9(2)34-24-22(37)16(26(31)39)23(30)28(40)25(38)13-11(7-27(24,28)34)6-12-14(20(13)35)21(36)18-15(17(12)29)19-10(8-32-18)4-5-33(19)3/h9-11,13,16,19,24,30,32,36,40H,4-8H2,1-3H3,(H2,31,39). The molecule has 2 saturated carbocycles. The normalized spacial score (nSPS) is 41.4. The molecule has 1 aromatic carbocycles. The largest absolute Gasteiger partial charge is 0.505 e. The van der Waals surface area contributed by atoms with Crippen molar-refractivity contribution < 1.29 is 33.8 Å². The number of amides is 1. The number of halogens is 1. The Bertz CT molecular complexity index is 1480. The molecule has 7 rings (SSSR count). The van der Waals surface area contributed by atoms with E-state index in [0.717, 1.165) is 13.0 Å². The minimum Gasteiger partial charge on any atom is -0.505 e. The van der Waals surface area contributed by atoms with Crippen molar-refractivity contribution in [3.8, 4) is 5.75 Å². The first-order valence-corrected chi connectivity index (χ1v) is 13.8. The molecule has 9 atom stereocenters. The van der Waals surface area contributed by atoms with Gasteiger partial charge in [-0.1, -0.05) is 0 Å². The van der Waals surface area contributed by atoms with Gasteiger partial charge in [0.25, 0.3) is 0 Å². The molecule has 3 heterocycles. The number of carbonyl (C=O) groups is 4. The number of phenolic OH excluding ortho intramolecular Hbond substituents is 1. The first-order valence-electron chi connectivity index (χ1n) is 13.8. The lowest BCUT2D eigenvalue weighted by Crippen LogP contribution is -2.73. The Morgan fingerprint density at radius 3 is 2.60 bits per heavy atom. The number of nitrogens with zero attached hydrogens (tertiary/aromatic N) is 2. The Morgan fingerprint density at radius 2 is 1.95 bits per heavy atom. The van der Waals surface area contributed by atoms with Gasteiger partial charge in [0.15, 0.2) is 23.0 Å². The second-order valence-corrected chi connectivity index (χ2v) is 12.7. The molecule has 3 aliphatic carbocycles. The monoisotopic (exact) mass is 553 g/mol. The third-order valence-electron chi connectivity index (χ3n) is 10.7. The number of aromatic hydroxyl groups is 1. The highest BCUT2D eigenvalue weighted by molar-refractivity contribution is 6.35. The van der Waals surface area contributed by atoms with Crippen molar-refractivity contribution in [3.05, 3.63) is 22.5 Å². The SMILES string of the molecule is CC(C)N1C2C(=O)C(C(N)=O)C(=N)C3(O)C(=O)C4C(=O)c5c(O)c6c(c(F)c5CC4CC213)C1C(CCN1C)CN6. The number of fused-ring (bicyclic) bond motifs is 5. The molecule has 11 nitrogen and oxygen atoms in total. The second-order valence-electron chi connectivity index (χ2n) is 12.7. The molecule has 3 aliphatic heterocycles. The molecule has 1 spiro atoms. The van der Waals surface area contributed by atoms with Gasteiger partial charge in [-0.2, -0.15) is 0 Å². The molecule has 0 radical (unpaired) electrons. The van der Waals surface area contributed by atoms with E-state index in [2.05, 4.69) is 5.32 Å². The zero-order valence-corrected chi connectivity index (χ0v) is 22.5. The topological polar surface area (TPSA) is 177 Å². The van der Waals surface area contributed by atoms with Crippen molar-refractivity contribution in [3.63, 3.8) is 0 Å². The van der Waals surface area contributed by atoms with E-state index in [1.165, 1.54) is 0 Å². The average Bonchev–Trinajstić information content (AvgIpc) is 3.43. The fourth-order valence-corrected chi connectivity index (χ4v) is 9.12. The maximum absolute atomic E-state index is 16.4. The van der Waals surface area contributed by atoms with Crippen LogP contribution in [0.3, 0.4) is 0 Å². The summed E-state index contributed by atoms with van der Waals surface area (Å²) in [6.45, 7) is 4.81. The van der Waals surface area contributed by atoms with Gasteiger partial charge in [0.05, 0.1) is 34.5 Å². The summed E-state index contributed by atoms with van der Waals surface area (Å²) >= 11 is 0. The van der Waals surface area contributed by atoms with Crippen LogP contribution in [-0.4, -0.2) is 92.3 Å². The number of anilines is 1. The van der Waals surface area contributed by atoms with Crippen molar-refractivity contribution in [2.45, 2.75) is 62.4 Å². The van der Waals surface area contributed by atoms with E-state index in [-0.39, 0.29) is 47.7 Å². The zero-order valence-electron chi connectivity index (χ0n) is 22.5. The van der Waals surface area contributed by atoms with Gasteiger partial charge in [-0.05, 0) is 58.5 Å². The lowest BCUT2D eigenvalue weighted by molar-refractivity contribution is -0.148. The predicted octanol–water partition coefficient (Wildman–Crippen LogP) is 0.160. The van der Waals surface area contributed by atoms with Crippen molar-refractivity contribution in [1.29, 1.82) is 5.41 Å². The van der Waals surface area contributed by atoms with Crippen LogP contribution in [-0.2, 0) is 20.8 Å². The number of Topliss-reactive ketones (excluding diaryl/α,β-unsaturated/α-hetero) is 3. The Balaban J connectivity index is 1.39. The van der Waals surface area contributed by atoms with E-state index >= 15 is 4.39 Å². The number of phenols is 1. The quantitative estimate of drug-likeness (QED) is 0.194. The number of hydrogen-bond donors (Lipinski definition) is 5. The fraction of sp³-hybridized carbons (Fsp3) is 0.607. The van der Waals surface area contributed by atoms with Gasteiger partial charge >= 0.3 is 0 Å². The average molecular weight is 554 g/mol. The number of primary amides is 1. The summed E-state index contributed by atoms with van der Waals surface area (Å²) in [6.07, 6.45) is 0.778. The minimum atomic E-state index is -2.61. The molecular weight excluding hydrogens is 521 g/mol. The Hall–Kier alpha value is -3.22. The highest BCUT2D eigenvalue weighted by Gasteiger charge is 2.86. The number of ketones is 3. The molecule has 1 aromatic rings. The van der Waals surface area contributed by atoms with Gasteiger partial charge in [-0.25, -0.2) is 4.39 Å². The number of nitrogens with two attached hydrogens (primary N) is 1. The van der Waals surface area contributed by atoms with Crippen LogP contribution in [0.5, 0.6) is 5.75 Å². The fourth-order valence-electron chi connectivity index (χ4n) is 9.12. The smallest absolute Gasteiger partial charge is 0.233 e. The van der Waals surface area contributed by atoms with E-state index in [0.29, 0.717) is 12.1 Å². The third-order valence-corrected chi connectivity index (χ3v) is 10.7. The molecule has 0 bridgehead atoms. The van der Waals surface area contributed by atoms with E-state index in [9.17, 15) is 29.4 Å².